The summed E-state index contributed by atoms with van der Waals surface area (Å²) in [6.07, 6.45) is 0.794. The number of carbonyl (C=O) groups is 2. The largest absolute Gasteiger partial charge is 0.490 e. The number of hydrogen-bond donors (Lipinski definition) is 1. The summed E-state index contributed by atoms with van der Waals surface area (Å²) < 4.78 is 16.2. The van der Waals surface area contributed by atoms with Crippen LogP contribution < -0.4 is 14.8 Å². The van der Waals surface area contributed by atoms with Crippen molar-refractivity contribution in [3.63, 3.8) is 0 Å². The molecule has 1 aliphatic heterocycles. The quantitative estimate of drug-likeness (QED) is 0.586. The molecule has 0 bridgehead atoms. The van der Waals surface area contributed by atoms with Crippen molar-refractivity contribution in [3.8, 4) is 22.1 Å². The van der Waals surface area contributed by atoms with Gasteiger partial charge < -0.3 is 19.5 Å². The number of esters is 1. The van der Waals surface area contributed by atoms with E-state index < -0.39 is 18.5 Å². The van der Waals surface area contributed by atoms with E-state index in [-0.39, 0.29) is 5.69 Å². The van der Waals surface area contributed by atoms with E-state index in [4.69, 9.17) is 25.8 Å². The van der Waals surface area contributed by atoms with E-state index in [1.165, 1.54) is 11.3 Å². The van der Waals surface area contributed by atoms with E-state index in [1.54, 1.807) is 41.8 Å². The third-order valence-electron chi connectivity index (χ3n) is 4.15. The Morgan fingerprint density at radius 3 is 2.80 bits per heavy atom. The van der Waals surface area contributed by atoms with Crippen molar-refractivity contribution in [1.29, 1.82) is 0 Å². The molecule has 7 nitrogen and oxygen atoms in total. The molecule has 0 radical (unpaired) electrons. The fourth-order valence-electron chi connectivity index (χ4n) is 2.76. The van der Waals surface area contributed by atoms with E-state index in [2.05, 4.69) is 10.3 Å². The average Bonchev–Trinajstić information content (AvgIpc) is 3.12. The summed E-state index contributed by atoms with van der Waals surface area (Å²) in [6, 6.07) is 12.3. The molecule has 1 amide bonds. The first-order valence-electron chi connectivity index (χ1n) is 9.16. The predicted octanol–water partition coefficient (Wildman–Crippen LogP) is 4.42. The highest BCUT2D eigenvalue weighted by Gasteiger charge is 2.16. The van der Waals surface area contributed by atoms with Gasteiger partial charge in [0.05, 0.1) is 13.2 Å². The number of anilines is 1. The molecule has 2 aromatic carbocycles. The summed E-state index contributed by atoms with van der Waals surface area (Å²) in [4.78, 5) is 28.6. The number of amides is 1. The van der Waals surface area contributed by atoms with Crippen LogP contribution in [0.2, 0.25) is 5.02 Å². The Bertz CT molecular complexity index is 1080. The number of nitrogens with zero attached hydrogens (tertiary/aromatic N) is 1. The maximum atomic E-state index is 12.2. The monoisotopic (exact) mass is 444 g/mol. The van der Waals surface area contributed by atoms with Gasteiger partial charge in [0.15, 0.2) is 23.8 Å². The van der Waals surface area contributed by atoms with Crippen molar-refractivity contribution in [2.75, 3.05) is 25.1 Å². The zero-order valence-electron chi connectivity index (χ0n) is 15.7. The standard InChI is InChI=1S/C21H17ClN2O5S/c22-14-4-1-3-13(9-14)20-24-16(12-30-20)21(26)29-11-19(25)23-15-5-6-17-18(10-15)28-8-2-7-27-17/h1,3-6,9-10,12H,2,7-8,11H2,(H,23,25). The van der Waals surface area contributed by atoms with Gasteiger partial charge in [0.1, 0.15) is 5.01 Å². The van der Waals surface area contributed by atoms with E-state index in [1.807, 2.05) is 6.07 Å². The zero-order chi connectivity index (χ0) is 20.9. The Morgan fingerprint density at radius 1 is 1.13 bits per heavy atom. The van der Waals surface area contributed by atoms with Crippen LogP contribution in [-0.2, 0) is 9.53 Å². The molecule has 154 valence electrons. The zero-order valence-corrected chi connectivity index (χ0v) is 17.3. The van der Waals surface area contributed by atoms with Gasteiger partial charge in [-0.05, 0) is 24.3 Å². The number of benzene rings is 2. The fraction of sp³-hybridized carbons (Fsp3) is 0.190. The molecule has 0 fully saturated rings. The van der Waals surface area contributed by atoms with Crippen LogP contribution in [0.5, 0.6) is 11.5 Å². The van der Waals surface area contributed by atoms with Crippen LogP contribution in [0.4, 0.5) is 5.69 Å². The molecule has 0 spiro atoms. The lowest BCUT2D eigenvalue weighted by atomic mass is 10.2. The molecule has 0 aliphatic carbocycles. The van der Waals surface area contributed by atoms with Gasteiger partial charge in [-0.2, -0.15) is 0 Å². The van der Waals surface area contributed by atoms with Crippen LogP contribution in [0.1, 0.15) is 16.9 Å². The third kappa shape index (κ3) is 4.90. The van der Waals surface area contributed by atoms with Crippen LogP contribution in [-0.4, -0.2) is 36.7 Å². The van der Waals surface area contributed by atoms with Gasteiger partial charge in [0.25, 0.3) is 5.91 Å². The van der Waals surface area contributed by atoms with Gasteiger partial charge in [0.2, 0.25) is 0 Å². The average molecular weight is 445 g/mol. The SMILES string of the molecule is O=C(COC(=O)c1csc(-c2cccc(Cl)c2)n1)Nc1ccc2c(c1)OCCCO2. The Labute approximate surface area is 181 Å². The van der Waals surface area contributed by atoms with Gasteiger partial charge >= 0.3 is 5.97 Å². The van der Waals surface area contributed by atoms with Crippen LogP contribution in [0, 0.1) is 0 Å². The molecule has 1 aliphatic rings. The Balaban J connectivity index is 1.33. The topological polar surface area (TPSA) is 86.8 Å². The Kier molecular flexibility index (Phi) is 6.15. The molecule has 1 N–H and O–H groups in total. The number of aromatic nitrogens is 1. The Hall–Kier alpha value is -3.10. The van der Waals surface area contributed by atoms with Crippen molar-refractivity contribution in [3.05, 3.63) is 58.6 Å². The minimum Gasteiger partial charge on any atom is -0.490 e. The van der Waals surface area contributed by atoms with Crippen molar-refractivity contribution in [1.82, 2.24) is 4.98 Å². The fourth-order valence-corrected chi connectivity index (χ4v) is 3.74. The maximum Gasteiger partial charge on any atom is 0.358 e. The van der Waals surface area contributed by atoms with E-state index in [0.717, 1.165) is 12.0 Å². The number of halogens is 1. The lowest BCUT2D eigenvalue weighted by molar-refractivity contribution is -0.119. The normalized spacial score (nSPS) is 12.7. The van der Waals surface area contributed by atoms with Crippen LogP contribution in [0.25, 0.3) is 10.6 Å². The number of fused-ring (bicyclic) bond motifs is 1. The van der Waals surface area contributed by atoms with Gasteiger partial charge in [-0.3, -0.25) is 4.79 Å². The maximum absolute atomic E-state index is 12.2. The van der Waals surface area contributed by atoms with Crippen molar-refractivity contribution in [2.45, 2.75) is 6.42 Å². The summed E-state index contributed by atoms with van der Waals surface area (Å²) in [6.45, 7) is 0.703. The minimum atomic E-state index is -0.673. The Morgan fingerprint density at radius 2 is 1.97 bits per heavy atom. The van der Waals surface area contributed by atoms with Crippen LogP contribution in [0.3, 0.4) is 0 Å². The lowest BCUT2D eigenvalue weighted by Gasteiger charge is -2.10. The summed E-state index contributed by atoms with van der Waals surface area (Å²) in [5.74, 6) is 0.0609. The third-order valence-corrected chi connectivity index (χ3v) is 5.28. The van der Waals surface area contributed by atoms with Gasteiger partial charge in [-0.1, -0.05) is 23.7 Å². The smallest absolute Gasteiger partial charge is 0.358 e. The van der Waals surface area contributed by atoms with Gasteiger partial charge in [-0.15, -0.1) is 11.3 Å². The number of nitrogens with one attached hydrogen (secondary N) is 1. The second-order valence-electron chi connectivity index (χ2n) is 6.38. The molecular weight excluding hydrogens is 428 g/mol. The van der Waals surface area contributed by atoms with Crippen molar-refractivity contribution in [2.24, 2.45) is 0 Å². The molecular formula is C21H17ClN2O5S. The highest BCUT2D eigenvalue weighted by atomic mass is 35.5. The number of ether oxygens (including phenoxy) is 3. The molecule has 9 heteroatoms. The summed E-state index contributed by atoms with van der Waals surface area (Å²) in [5.41, 5.74) is 1.47. The van der Waals surface area contributed by atoms with Crippen molar-refractivity contribution < 1.29 is 23.8 Å². The first kappa shape index (κ1) is 20.2. The number of hydrogen-bond acceptors (Lipinski definition) is 7. The van der Waals surface area contributed by atoms with E-state index >= 15 is 0 Å². The predicted molar refractivity (Wildman–Crippen MR) is 114 cm³/mol. The molecule has 1 aromatic heterocycles. The summed E-state index contributed by atoms with van der Waals surface area (Å²) in [5, 5.41) is 5.48. The van der Waals surface area contributed by atoms with Gasteiger partial charge in [0, 0.05) is 34.1 Å². The second-order valence-corrected chi connectivity index (χ2v) is 7.68. The molecule has 0 saturated heterocycles. The highest BCUT2D eigenvalue weighted by molar-refractivity contribution is 7.13. The highest BCUT2D eigenvalue weighted by Crippen LogP contribution is 2.32. The second kappa shape index (κ2) is 9.15. The molecule has 2 heterocycles. The molecule has 30 heavy (non-hydrogen) atoms. The summed E-state index contributed by atoms with van der Waals surface area (Å²) >= 11 is 7.28. The number of rotatable bonds is 5. The van der Waals surface area contributed by atoms with Gasteiger partial charge in [-0.25, -0.2) is 9.78 Å². The van der Waals surface area contributed by atoms with Crippen LogP contribution >= 0.6 is 22.9 Å². The first-order valence-corrected chi connectivity index (χ1v) is 10.4. The van der Waals surface area contributed by atoms with Crippen LogP contribution in [0.15, 0.2) is 47.8 Å². The molecule has 0 saturated carbocycles. The molecule has 3 aromatic rings. The van der Waals surface area contributed by atoms with E-state index in [0.29, 0.717) is 40.4 Å². The minimum absolute atomic E-state index is 0.137. The molecule has 4 rings (SSSR count). The lowest BCUT2D eigenvalue weighted by Crippen LogP contribution is -2.21. The molecule has 0 unspecified atom stereocenters. The molecule has 0 atom stereocenters. The number of thiazole rings is 1. The first-order chi connectivity index (χ1) is 14.6. The van der Waals surface area contributed by atoms with Crippen molar-refractivity contribution >= 4 is 40.5 Å². The number of carbonyl (C=O) groups excluding carboxylic acids is 2. The summed E-state index contributed by atoms with van der Waals surface area (Å²) in [7, 11) is 0. The van der Waals surface area contributed by atoms with E-state index in [9.17, 15) is 9.59 Å².